The van der Waals surface area contributed by atoms with Crippen LogP contribution in [-0.4, -0.2) is 10.7 Å². The van der Waals surface area contributed by atoms with E-state index in [1.54, 1.807) is 0 Å². The van der Waals surface area contributed by atoms with Crippen molar-refractivity contribution in [1.29, 1.82) is 0 Å². The lowest BCUT2D eigenvalue weighted by Gasteiger charge is -2.35. The standard InChI is InChI=1S/C18H38O/c1-5-9-11-12-13-14-16-17(15-10-6-2)18(19,7-3)8-4/h17,19H,5-16H2,1-4H3. The number of hydrogen-bond donors (Lipinski definition) is 1. The topological polar surface area (TPSA) is 20.2 Å². The fraction of sp³-hybridized carbons (Fsp3) is 1.00. The molecule has 0 aromatic heterocycles. The largest absolute Gasteiger partial charge is 0.390 e. The Bertz CT molecular complexity index is 184. The van der Waals surface area contributed by atoms with Crippen molar-refractivity contribution in [2.45, 2.75) is 110 Å². The van der Waals surface area contributed by atoms with Gasteiger partial charge in [0.15, 0.2) is 0 Å². The van der Waals surface area contributed by atoms with Crippen LogP contribution in [0, 0.1) is 5.92 Å². The molecule has 0 aliphatic rings. The molecule has 1 atom stereocenters. The molecule has 0 amide bonds. The van der Waals surface area contributed by atoms with Crippen molar-refractivity contribution in [3.05, 3.63) is 0 Å². The summed E-state index contributed by atoms with van der Waals surface area (Å²) in [6.45, 7) is 8.80. The first-order valence-electron chi connectivity index (χ1n) is 8.86. The lowest BCUT2D eigenvalue weighted by Crippen LogP contribution is -2.36. The quantitative estimate of drug-likeness (QED) is 0.401. The summed E-state index contributed by atoms with van der Waals surface area (Å²) < 4.78 is 0. The van der Waals surface area contributed by atoms with Gasteiger partial charge >= 0.3 is 0 Å². The minimum atomic E-state index is -0.404. The molecule has 0 aliphatic carbocycles. The molecule has 1 N–H and O–H groups in total. The average molecular weight is 271 g/mol. The Balaban J connectivity index is 4.05. The maximum absolute atomic E-state index is 10.8. The van der Waals surface area contributed by atoms with Crippen LogP contribution in [0.25, 0.3) is 0 Å². The van der Waals surface area contributed by atoms with Gasteiger partial charge in [-0.25, -0.2) is 0 Å². The molecule has 0 fully saturated rings. The second-order valence-corrected chi connectivity index (χ2v) is 6.21. The Kier molecular flexibility index (Phi) is 11.7. The van der Waals surface area contributed by atoms with Gasteiger partial charge in [-0.1, -0.05) is 79.1 Å². The number of hydrogen-bond acceptors (Lipinski definition) is 1. The maximum atomic E-state index is 10.8. The van der Waals surface area contributed by atoms with Crippen LogP contribution >= 0.6 is 0 Å². The first-order valence-corrected chi connectivity index (χ1v) is 8.86. The predicted octanol–water partition coefficient (Wildman–Crippen LogP) is 6.09. The van der Waals surface area contributed by atoms with Gasteiger partial charge in [0.2, 0.25) is 0 Å². The first-order chi connectivity index (χ1) is 9.14. The van der Waals surface area contributed by atoms with Gasteiger partial charge < -0.3 is 5.11 Å². The molecule has 0 radical (unpaired) electrons. The van der Waals surface area contributed by atoms with Gasteiger partial charge in [0, 0.05) is 0 Å². The Morgan fingerprint density at radius 3 is 1.68 bits per heavy atom. The lowest BCUT2D eigenvalue weighted by molar-refractivity contribution is -0.0340. The van der Waals surface area contributed by atoms with Crippen LogP contribution in [-0.2, 0) is 0 Å². The van der Waals surface area contributed by atoms with Crippen molar-refractivity contribution in [2.24, 2.45) is 5.92 Å². The third-order valence-corrected chi connectivity index (χ3v) is 4.80. The van der Waals surface area contributed by atoms with Crippen LogP contribution in [0.4, 0.5) is 0 Å². The van der Waals surface area contributed by atoms with E-state index >= 15 is 0 Å². The van der Waals surface area contributed by atoms with Crippen molar-refractivity contribution >= 4 is 0 Å². The Hall–Kier alpha value is -0.0400. The van der Waals surface area contributed by atoms with Gasteiger partial charge in [0.25, 0.3) is 0 Å². The number of rotatable bonds is 13. The van der Waals surface area contributed by atoms with Crippen LogP contribution in [0.5, 0.6) is 0 Å². The molecular weight excluding hydrogens is 232 g/mol. The zero-order chi connectivity index (χ0) is 14.6. The molecule has 116 valence electrons. The molecule has 0 rings (SSSR count). The van der Waals surface area contributed by atoms with Crippen LogP contribution < -0.4 is 0 Å². The van der Waals surface area contributed by atoms with Crippen molar-refractivity contribution in [2.75, 3.05) is 0 Å². The third kappa shape index (κ3) is 7.97. The van der Waals surface area contributed by atoms with Gasteiger partial charge in [-0.3, -0.25) is 0 Å². The Morgan fingerprint density at radius 2 is 1.16 bits per heavy atom. The summed E-state index contributed by atoms with van der Waals surface area (Å²) in [7, 11) is 0. The summed E-state index contributed by atoms with van der Waals surface area (Å²) >= 11 is 0. The molecule has 0 saturated carbocycles. The summed E-state index contributed by atoms with van der Waals surface area (Å²) in [5, 5.41) is 10.8. The maximum Gasteiger partial charge on any atom is 0.0670 e. The van der Waals surface area contributed by atoms with E-state index in [1.807, 2.05) is 0 Å². The van der Waals surface area contributed by atoms with Crippen molar-refractivity contribution < 1.29 is 5.11 Å². The fourth-order valence-corrected chi connectivity index (χ4v) is 3.13. The van der Waals surface area contributed by atoms with Gasteiger partial charge in [0.1, 0.15) is 0 Å². The molecule has 19 heavy (non-hydrogen) atoms. The summed E-state index contributed by atoms with van der Waals surface area (Å²) in [6.07, 6.45) is 14.9. The molecule has 1 unspecified atom stereocenters. The molecule has 0 heterocycles. The fourth-order valence-electron chi connectivity index (χ4n) is 3.13. The van der Waals surface area contributed by atoms with E-state index in [1.165, 1.54) is 64.2 Å². The van der Waals surface area contributed by atoms with Crippen LogP contribution in [0.2, 0.25) is 0 Å². The molecule has 0 aromatic rings. The summed E-state index contributed by atoms with van der Waals surface area (Å²) in [4.78, 5) is 0. The van der Waals surface area contributed by atoms with Crippen molar-refractivity contribution in [1.82, 2.24) is 0 Å². The second kappa shape index (κ2) is 11.8. The van der Waals surface area contributed by atoms with E-state index in [9.17, 15) is 5.11 Å². The van der Waals surface area contributed by atoms with E-state index < -0.39 is 5.60 Å². The van der Waals surface area contributed by atoms with Crippen LogP contribution in [0.3, 0.4) is 0 Å². The Morgan fingerprint density at radius 1 is 0.684 bits per heavy atom. The lowest BCUT2D eigenvalue weighted by atomic mass is 9.77. The SMILES string of the molecule is CCCCCCCCC(CCCC)C(O)(CC)CC. The number of aliphatic hydroxyl groups is 1. The second-order valence-electron chi connectivity index (χ2n) is 6.21. The normalized spacial score (nSPS) is 13.7. The van der Waals surface area contributed by atoms with Crippen molar-refractivity contribution in [3.8, 4) is 0 Å². The zero-order valence-electron chi connectivity index (χ0n) is 14.0. The highest BCUT2D eigenvalue weighted by Crippen LogP contribution is 2.33. The highest BCUT2D eigenvalue weighted by atomic mass is 16.3. The van der Waals surface area contributed by atoms with Gasteiger partial charge in [-0.05, 0) is 31.6 Å². The van der Waals surface area contributed by atoms with Gasteiger partial charge in [-0.2, -0.15) is 0 Å². The molecule has 0 aliphatic heterocycles. The highest BCUT2D eigenvalue weighted by Gasteiger charge is 2.31. The van der Waals surface area contributed by atoms with E-state index in [-0.39, 0.29) is 0 Å². The number of unbranched alkanes of at least 4 members (excludes halogenated alkanes) is 6. The van der Waals surface area contributed by atoms with Gasteiger partial charge in [0.05, 0.1) is 5.60 Å². The summed E-state index contributed by atoms with van der Waals surface area (Å²) in [6, 6.07) is 0. The van der Waals surface area contributed by atoms with Crippen LogP contribution in [0.15, 0.2) is 0 Å². The van der Waals surface area contributed by atoms with E-state index in [4.69, 9.17) is 0 Å². The zero-order valence-corrected chi connectivity index (χ0v) is 14.0. The average Bonchev–Trinajstić information content (AvgIpc) is 2.45. The molecule has 1 nitrogen and oxygen atoms in total. The van der Waals surface area contributed by atoms with E-state index in [0.29, 0.717) is 5.92 Å². The van der Waals surface area contributed by atoms with Crippen molar-refractivity contribution in [3.63, 3.8) is 0 Å². The highest BCUT2D eigenvalue weighted by molar-refractivity contribution is 4.84. The molecule has 1 heteroatoms. The molecule has 0 spiro atoms. The van der Waals surface area contributed by atoms with E-state index in [2.05, 4.69) is 27.7 Å². The Labute approximate surface area is 122 Å². The first kappa shape index (κ1) is 19.0. The molecule has 0 aromatic carbocycles. The summed E-state index contributed by atoms with van der Waals surface area (Å²) in [5.41, 5.74) is -0.404. The van der Waals surface area contributed by atoms with Gasteiger partial charge in [-0.15, -0.1) is 0 Å². The summed E-state index contributed by atoms with van der Waals surface area (Å²) in [5.74, 6) is 0.522. The molecular formula is C18H38O. The monoisotopic (exact) mass is 270 g/mol. The molecule has 0 saturated heterocycles. The molecule has 0 bridgehead atoms. The van der Waals surface area contributed by atoms with E-state index in [0.717, 1.165) is 12.8 Å². The minimum Gasteiger partial charge on any atom is -0.390 e. The predicted molar refractivity (Wildman–Crippen MR) is 86.5 cm³/mol. The smallest absolute Gasteiger partial charge is 0.0670 e. The third-order valence-electron chi connectivity index (χ3n) is 4.80. The van der Waals surface area contributed by atoms with Crippen LogP contribution in [0.1, 0.15) is 105 Å². The minimum absolute atomic E-state index is 0.404.